The molecule has 2 heterocycles. The van der Waals surface area contributed by atoms with Gasteiger partial charge in [0, 0.05) is 23.0 Å². The summed E-state index contributed by atoms with van der Waals surface area (Å²) in [7, 11) is 2.76. The molecule has 0 saturated carbocycles. The maximum absolute atomic E-state index is 12.2. The molecule has 0 fully saturated rings. The first kappa shape index (κ1) is 17.3. The van der Waals surface area contributed by atoms with E-state index in [9.17, 15) is 9.59 Å². The zero-order valence-corrected chi connectivity index (χ0v) is 15.1. The quantitative estimate of drug-likeness (QED) is 0.699. The van der Waals surface area contributed by atoms with E-state index in [4.69, 9.17) is 9.47 Å². The summed E-state index contributed by atoms with van der Waals surface area (Å²) < 4.78 is 9.73. The Morgan fingerprint density at radius 1 is 1.00 bits per heavy atom. The molecule has 6 heteroatoms. The molecule has 0 amide bonds. The minimum atomic E-state index is -0.438. The van der Waals surface area contributed by atoms with E-state index in [-0.39, 0.29) is 18.0 Å². The Morgan fingerprint density at radius 3 is 2.44 bits per heavy atom. The van der Waals surface area contributed by atoms with Crippen molar-refractivity contribution < 1.29 is 19.1 Å². The highest BCUT2D eigenvalue weighted by Gasteiger charge is 2.34. The van der Waals surface area contributed by atoms with Gasteiger partial charge >= 0.3 is 11.9 Å². The summed E-state index contributed by atoms with van der Waals surface area (Å²) in [6, 6.07) is 14.6. The molecule has 27 heavy (non-hydrogen) atoms. The van der Waals surface area contributed by atoms with Crippen molar-refractivity contribution in [2.24, 2.45) is 0 Å². The van der Waals surface area contributed by atoms with Crippen LogP contribution in [-0.4, -0.2) is 37.2 Å². The molecule has 1 aliphatic rings. The maximum Gasteiger partial charge on any atom is 0.337 e. The molecule has 0 aliphatic carbocycles. The van der Waals surface area contributed by atoms with Gasteiger partial charge in [-0.25, -0.2) is 4.79 Å². The highest BCUT2D eigenvalue weighted by atomic mass is 16.5. The van der Waals surface area contributed by atoms with Crippen molar-refractivity contribution >= 4 is 22.8 Å². The van der Waals surface area contributed by atoms with E-state index in [1.54, 1.807) is 12.1 Å². The fourth-order valence-corrected chi connectivity index (χ4v) is 3.72. The Balaban J connectivity index is 1.79. The van der Waals surface area contributed by atoms with Gasteiger partial charge in [-0.05, 0) is 29.3 Å². The Bertz CT molecular complexity index is 1010. The summed E-state index contributed by atoms with van der Waals surface area (Å²) >= 11 is 0. The number of fused-ring (bicyclic) bond motifs is 3. The second-order valence-corrected chi connectivity index (χ2v) is 6.56. The van der Waals surface area contributed by atoms with Gasteiger partial charge < -0.3 is 14.5 Å². The normalized spacial score (nSPS) is 18.7. The number of hydrogen-bond acceptors (Lipinski definition) is 5. The molecule has 2 unspecified atom stereocenters. The second-order valence-electron chi connectivity index (χ2n) is 6.56. The number of para-hydroxylation sites is 1. The van der Waals surface area contributed by atoms with Crippen LogP contribution in [0.2, 0.25) is 0 Å². The number of esters is 2. The van der Waals surface area contributed by atoms with Gasteiger partial charge in [0.15, 0.2) is 0 Å². The fourth-order valence-electron chi connectivity index (χ4n) is 3.72. The van der Waals surface area contributed by atoms with Gasteiger partial charge in [-0.3, -0.25) is 10.1 Å². The minimum absolute atomic E-state index is 0.211. The van der Waals surface area contributed by atoms with Crippen molar-refractivity contribution in [2.45, 2.75) is 18.5 Å². The maximum atomic E-state index is 12.2. The average molecular weight is 364 g/mol. The molecule has 1 aliphatic heterocycles. The predicted octanol–water partition coefficient (Wildman–Crippen LogP) is 2.73. The first-order valence-corrected chi connectivity index (χ1v) is 8.74. The lowest BCUT2D eigenvalue weighted by Crippen LogP contribution is -2.45. The fraction of sp³-hybridized carbons (Fsp3) is 0.238. The number of benzene rings is 2. The van der Waals surface area contributed by atoms with E-state index in [1.807, 2.05) is 30.3 Å². The lowest BCUT2D eigenvalue weighted by Gasteiger charge is -2.30. The highest BCUT2D eigenvalue weighted by Crippen LogP contribution is 2.35. The monoisotopic (exact) mass is 364 g/mol. The number of rotatable bonds is 3. The van der Waals surface area contributed by atoms with Crippen molar-refractivity contribution in [3.8, 4) is 0 Å². The number of H-pyrrole nitrogens is 1. The van der Waals surface area contributed by atoms with E-state index in [1.165, 1.54) is 14.2 Å². The largest absolute Gasteiger partial charge is 0.468 e. The van der Waals surface area contributed by atoms with Gasteiger partial charge in [0.1, 0.15) is 6.04 Å². The van der Waals surface area contributed by atoms with Crippen molar-refractivity contribution in [3.05, 3.63) is 70.9 Å². The third-order valence-corrected chi connectivity index (χ3v) is 5.06. The van der Waals surface area contributed by atoms with Gasteiger partial charge in [-0.1, -0.05) is 30.3 Å². The van der Waals surface area contributed by atoms with Crippen molar-refractivity contribution in [1.29, 1.82) is 0 Å². The molecular formula is C21H20N2O4. The SMILES string of the molecule is COC(=O)c1ccc(C2NC(C(=O)OC)Cc3c2[nH]c2ccccc32)cc1. The number of carbonyl (C=O) groups is 2. The Hall–Kier alpha value is -3.12. The van der Waals surface area contributed by atoms with Crippen LogP contribution in [0, 0.1) is 0 Å². The van der Waals surface area contributed by atoms with Gasteiger partial charge in [0.25, 0.3) is 0 Å². The summed E-state index contributed by atoms with van der Waals surface area (Å²) in [5, 5.41) is 4.49. The molecule has 0 spiro atoms. The molecule has 2 atom stereocenters. The summed E-state index contributed by atoms with van der Waals surface area (Å²) in [6.45, 7) is 0. The number of hydrogen-bond donors (Lipinski definition) is 2. The lowest BCUT2D eigenvalue weighted by molar-refractivity contribution is -0.143. The number of carbonyl (C=O) groups excluding carboxylic acids is 2. The lowest BCUT2D eigenvalue weighted by atomic mass is 9.90. The Kier molecular flexibility index (Phi) is 4.41. The average Bonchev–Trinajstić information content (AvgIpc) is 3.10. The highest BCUT2D eigenvalue weighted by molar-refractivity contribution is 5.89. The van der Waals surface area contributed by atoms with Crippen molar-refractivity contribution in [1.82, 2.24) is 10.3 Å². The zero-order valence-electron chi connectivity index (χ0n) is 15.1. The third-order valence-electron chi connectivity index (χ3n) is 5.06. The molecule has 6 nitrogen and oxygen atoms in total. The summed E-state index contributed by atoms with van der Waals surface area (Å²) in [6.07, 6.45) is 0.558. The molecule has 2 aromatic carbocycles. The first-order chi connectivity index (χ1) is 13.1. The molecule has 2 N–H and O–H groups in total. The van der Waals surface area contributed by atoms with Gasteiger partial charge in [-0.2, -0.15) is 0 Å². The molecule has 0 radical (unpaired) electrons. The van der Waals surface area contributed by atoms with Crippen LogP contribution in [0.1, 0.15) is 33.2 Å². The topological polar surface area (TPSA) is 80.4 Å². The second kappa shape index (κ2) is 6.89. The van der Waals surface area contributed by atoms with Gasteiger partial charge in [-0.15, -0.1) is 0 Å². The van der Waals surface area contributed by atoms with Crippen LogP contribution in [0.5, 0.6) is 0 Å². The molecule has 0 saturated heterocycles. The van der Waals surface area contributed by atoms with Crippen molar-refractivity contribution in [2.75, 3.05) is 14.2 Å². The van der Waals surface area contributed by atoms with Crippen LogP contribution in [0.15, 0.2) is 48.5 Å². The van der Waals surface area contributed by atoms with Gasteiger partial charge in [0.2, 0.25) is 0 Å². The number of ether oxygens (including phenoxy) is 2. The number of methoxy groups -OCH3 is 2. The van der Waals surface area contributed by atoms with E-state index >= 15 is 0 Å². The van der Waals surface area contributed by atoms with E-state index in [0.717, 1.165) is 27.7 Å². The van der Waals surface area contributed by atoms with E-state index in [0.29, 0.717) is 12.0 Å². The van der Waals surface area contributed by atoms with Crippen LogP contribution in [-0.2, 0) is 20.7 Å². The van der Waals surface area contributed by atoms with Gasteiger partial charge in [0.05, 0.1) is 25.8 Å². The molecule has 3 aromatic rings. The van der Waals surface area contributed by atoms with E-state index in [2.05, 4.69) is 16.4 Å². The third kappa shape index (κ3) is 2.98. The smallest absolute Gasteiger partial charge is 0.337 e. The predicted molar refractivity (Wildman–Crippen MR) is 101 cm³/mol. The molecule has 138 valence electrons. The van der Waals surface area contributed by atoms with Crippen LogP contribution in [0.4, 0.5) is 0 Å². The number of aromatic amines is 1. The molecule has 1 aromatic heterocycles. The summed E-state index contributed by atoms with van der Waals surface area (Å²) in [5.74, 6) is -0.668. The summed E-state index contributed by atoms with van der Waals surface area (Å²) in [4.78, 5) is 27.4. The molecule has 4 rings (SSSR count). The van der Waals surface area contributed by atoms with E-state index < -0.39 is 6.04 Å². The van der Waals surface area contributed by atoms with Crippen LogP contribution in [0.25, 0.3) is 10.9 Å². The molecular weight excluding hydrogens is 344 g/mol. The van der Waals surface area contributed by atoms with Crippen LogP contribution >= 0.6 is 0 Å². The summed E-state index contributed by atoms with van der Waals surface area (Å²) in [5.41, 5.74) is 4.61. The van der Waals surface area contributed by atoms with Crippen LogP contribution < -0.4 is 5.32 Å². The number of aromatic nitrogens is 1. The van der Waals surface area contributed by atoms with Crippen molar-refractivity contribution in [3.63, 3.8) is 0 Å². The minimum Gasteiger partial charge on any atom is -0.468 e. The Morgan fingerprint density at radius 2 is 1.74 bits per heavy atom. The standard InChI is InChI=1S/C21H20N2O4/c1-26-20(24)13-9-7-12(8-10-13)18-19-15(11-17(23-18)21(25)27-2)14-5-3-4-6-16(14)22-19/h3-10,17-18,22-23H,11H2,1-2H3. The first-order valence-electron chi connectivity index (χ1n) is 8.74. The van der Waals surface area contributed by atoms with Crippen LogP contribution in [0.3, 0.4) is 0 Å². The molecule has 0 bridgehead atoms. The zero-order chi connectivity index (χ0) is 19.0. The Labute approximate surface area is 156 Å². The number of nitrogens with one attached hydrogen (secondary N) is 2.